The minimum absolute atomic E-state index is 0.362. The Morgan fingerprint density at radius 1 is 1.00 bits per heavy atom. The fourth-order valence-electron chi connectivity index (χ4n) is 3.61. The first-order chi connectivity index (χ1) is 13.5. The number of hydrogen-bond donors (Lipinski definition) is 0. The first-order valence-electron chi connectivity index (χ1n) is 8.88. The minimum Gasteiger partial charge on any atom is -0.493 e. The summed E-state index contributed by atoms with van der Waals surface area (Å²) in [6.07, 6.45) is -0.972. The molecule has 2 aromatic carbocycles. The van der Waals surface area contributed by atoms with Gasteiger partial charge in [-0.3, -0.25) is 9.59 Å². The monoisotopic (exact) mass is 380 g/mol. The molecule has 0 spiro atoms. The number of amides is 2. The standard InChI is InChI=1S/C21H20N2O5/c1-11-8-9-13(10-12(11)2)23-20(24)16-17(22-28-19(16)21(23)25)14-6-5-7-15(26-3)18(14)27-4/h5-10,16,19H,1-4H3/t16-,19+/m1/s1. The fraction of sp³-hybridized carbons (Fsp3) is 0.286. The number of hydrogen-bond acceptors (Lipinski definition) is 6. The molecule has 28 heavy (non-hydrogen) atoms. The summed E-state index contributed by atoms with van der Waals surface area (Å²) in [5.41, 5.74) is 3.55. The molecule has 1 fully saturated rings. The van der Waals surface area contributed by atoms with Gasteiger partial charge in [-0.15, -0.1) is 0 Å². The average molecular weight is 380 g/mol. The zero-order valence-corrected chi connectivity index (χ0v) is 16.1. The molecule has 0 aliphatic carbocycles. The number of methoxy groups -OCH3 is 2. The number of imide groups is 1. The van der Waals surface area contributed by atoms with Crippen molar-refractivity contribution in [3.05, 3.63) is 53.1 Å². The number of fused-ring (bicyclic) bond motifs is 1. The Bertz CT molecular complexity index is 1010. The van der Waals surface area contributed by atoms with Crippen LogP contribution in [0.15, 0.2) is 41.6 Å². The van der Waals surface area contributed by atoms with Crippen molar-refractivity contribution in [1.82, 2.24) is 0 Å². The van der Waals surface area contributed by atoms with Gasteiger partial charge in [0, 0.05) is 5.56 Å². The van der Waals surface area contributed by atoms with Gasteiger partial charge >= 0.3 is 0 Å². The zero-order valence-electron chi connectivity index (χ0n) is 16.1. The van der Waals surface area contributed by atoms with Crippen LogP contribution in [0.1, 0.15) is 16.7 Å². The highest BCUT2D eigenvalue weighted by atomic mass is 16.7. The van der Waals surface area contributed by atoms with Crippen molar-refractivity contribution in [3.63, 3.8) is 0 Å². The molecular formula is C21H20N2O5. The first-order valence-corrected chi connectivity index (χ1v) is 8.88. The second-order valence-electron chi connectivity index (χ2n) is 6.80. The van der Waals surface area contributed by atoms with E-state index < -0.39 is 17.9 Å². The van der Waals surface area contributed by atoms with Crippen LogP contribution in [0.2, 0.25) is 0 Å². The number of carbonyl (C=O) groups is 2. The quantitative estimate of drug-likeness (QED) is 0.762. The van der Waals surface area contributed by atoms with E-state index in [9.17, 15) is 9.59 Å². The summed E-state index contributed by atoms with van der Waals surface area (Å²) < 4.78 is 10.8. The van der Waals surface area contributed by atoms with E-state index in [1.165, 1.54) is 19.1 Å². The first kappa shape index (κ1) is 18.0. The third kappa shape index (κ3) is 2.54. The summed E-state index contributed by atoms with van der Waals surface area (Å²) in [5, 5.41) is 4.05. The van der Waals surface area contributed by atoms with E-state index in [2.05, 4.69) is 5.16 Å². The summed E-state index contributed by atoms with van der Waals surface area (Å²) >= 11 is 0. The molecule has 0 radical (unpaired) electrons. The summed E-state index contributed by atoms with van der Waals surface area (Å²) in [6.45, 7) is 3.92. The molecule has 7 nitrogen and oxygen atoms in total. The van der Waals surface area contributed by atoms with E-state index in [4.69, 9.17) is 14.3 Å². The summed E-state index contributed by atoms with van der Waals surface area (Å²) in [7, 11) is 3.04. The molecule has 2 heterocycles. The molecule has 2 aliphatic rings. The van der Waals surface area contributed by atoms with Crippen molar-refractivity contribution in [3.8, 4) is 11.5 Å². The number of para-hydroxylation sites is 1. The van der Waals surface area contributed by atoms with E-state index in [0.29, 0.717) is 28.5 Å². The largest absolute Gasteiger partial charge is 0.493 e. The number of oxime groups is 1. The highest BCUT2D eigenvalue weighted by Gasteiger charge is 2.56. The van der Waals surface area contributed by atoms with Crippen molar-refractivity contribution in [1.29, 1.82) is 0 Å². The van der Waals surface area contributed by atoms with Crippen molar-refractivity contribution in [2.24, 2.45) is 11.1 Å². The molecule has 2 aliphatic heterocycles. The number of anilines is 1. The lowest BCUT2D eigenvalue weighted by atomic mass is 9.93. The average Bonchev–Trinajstić information content (AvgIpc) is 3.23. The van der Waals surface area contributed by atoms with Crippen molar-refractivity contribution >= 4 is 23.2 Å². The number of rotatable bonds is 4. The van der Waals surface area contributed by atoms with Gasteiger partial charge in [0.2, 0.25) is 12.0 Å². The van der Waals surface area contributed by atoms with Crippen molar-refractivity contribution < 1.29 is 23.9 Å². The second-order valence-corrected chi connectivity index (χ2v) is 6.80. The maximum atomic E-state index is 13.2. The van der Waals surface area contributed by atoms with E-state index in [1.54, 1.807) is 24.3 Å². The topological polar surface area (TPSA) is 77.4 Å². The lowest BCUT2D eigenvalue weighted by Gasteiger charge is -2.17. The maximum Gasteiger partial charge on any atom is 0.278 e. The lowest BCUT2D eigenvalue weighted by Crippen LogP contribution is -2.33. The Balaban J connectivity index is 1.74. The smallest absolute Gasteiger partial charge is 0.278 e. The lowest BCUT2D eigenvalue weighted by molar-refractivity contribution is -0.126. The van der Waals surface area contributed by atoms with Gasteiger partial charge in [0.25, 0.3) is 5.91 Å². The van der Waals surface area contributed by atoms with Crippen LogP contribution >= 0.6 is 0 Å². The Hall–Kier alpha value is -3.35. The van der Waals surface area contributed by atoms with Gasteiger partial charge < -0.3 is 14.3 Å². The van der Waals surface area contributed by atoms with Crippen LogP contribution in [0.5, 0.6) is 11.5 Å². The molecule has 7 heteroatoms. The van der Waals surface area contributed by atoms with Gasteiger partial charge in [0.15, 0.2) is 11.5 Å². The van der Waals surface area contributed by atoms with Gasteiger partial charge in [-0.25, -0.2) is 4.90 Å². The van der Waals surface area contributed by atoms with Crippen molar-refractivity contribution in [2.45, 2.75) is 20.0 Å². The molecule has 4 rings (SSSR count). The highest BCUT2D eigenvalue weighted by molar-refractivity contribution is 6.32. The van der Waals surface area contributed by atoms with Gasteiger partial charge in [0.1, 0.15) is 11.6 Å². The van der Waals surface area contributed by atoms with Crippen LogP contribution in [-0.4, -0.2) is 37.8 Å². The van der Waals surface area contributed by atoms with Crippen LogP contribution < -0.4 is 14.4 Å². The molecule has 0 aromatic heterocycles. The van der Waals surface area contributed by atoms with Gasteiger partial charge in [-0.05, 0) is 49.2 Å². The Kier molecular flexibility index (Phi) is 4.30. The van der Waals surface area contributed by atoms with E-state index in [0.717, 1.165) is 11.1 Å². The summed E-state index contributed by atoms with van der Waals surface area (Å²) in [5.74, 6) is -0.653. The molecule has 1 saturated heterocycles. The van der Waals surface area contributed by atoms with E-state index >= 15 is 0 Å². The van der Waals surface area contributed by atoms with Crippen molar-refractivity contribution in [2.75, 3.05) is 19.1 Å². The second kappa shape index (κ2) is 6.67. The van der Waals surface area contributed by atoms with Crippen LogP contribution in [0.25, 0.3) is 0 Å². The SMILES string of the molecule is COc1cccc(C2=NO[C@@H]3C(=O)N(c4ccc(C)c(C)c4)C(=O)[C@H]23)c1OC. The molecule has 0 N–H and O–H groups in total. The van der Waals surface area contributed by atoms with Gasteiger partial charge in [0.05, 0.1) is 19.9 Å². The molecule has 0 bridgehead atoms. The number of ether oxygens (including phenoxy) is 2. The van der Waals surface area contributed by atoms with Crippen LogP contribution in [0, 0.1) is 19.8 Å². The number of carbonyl (C=O) groups excluding carboxylic acids is 2. The molecule has 2 atom stereocenters. The summed E-state index contributed by atoms with van der Waals surface area (Å²) in [4.78, 5) is 32.7. The third-order valence-corrected chi connectivity index (χ3v) is 5.24. The zero-order chi connectivity index (χ0) is 20.0. The minimum atomic E-state index is -0.972. The van der Waals surface area contributed by atoms with Crippen LogP contribution in [-0.2, 0) is 14.4 Å². The molecule has 144 valence electrons. The third-order valence-electron chi connectivity index (χ3n) is 5.24. The van der Waals surface area contributed by atoms with Crippen LogP contribution in [0.4, 0.5) is 5.69 Å². The van der Waals surface area contributed by atoms with Crippen LogP contribution in [0.3, 0.4) is 0 Å². The van der Waals surface area contributed by atoms with Gasteiger partial charge in [-0.2, -0.15) is 0 Å². The predicted molar refractivity (Wildman–Crippen MR) is 103 cm³/mol. The fourth-order valence-corrected chi connectivity index (χ4v) is 3.61. The van der Waals surface area contributed by atoms with Gasteiger partial charge in [-0.1, -0.05) is 17.3 Å². The molecular weight excluding hydrogens is 360 g/mol. The summed E-state index contributed by atoms with van der Waals surface area (Å²) in [6, 6.07) is 10.8. The molecule has 2 amide bonds. The highest BCUT2D eigenvalue weighted by Crippen LogP contribution is 2.39. The van der Waals surface area contributed by atoms with E-state index in [-0.39, 0.29) is 5.91 Å². The Morgan fingerprint density at radius 3 is 2.46 bits per heavy atom. The predicted octanol–water partition coefficient (Wildman–Crippen LogP) is 2.61. The number of nitrogens with zero attached hydrogens (tertiary/aromatic N) is 2. The molecule has 2 aromatic rings. The number of benzene rings is 2. The van der Waals surface area contributed by atoms with E-state index in [1.807, 2.05) is 26.0 Å². The Labute approximate surface area is 162 Å². The maximum absolute atomic E-state index is 13.2. The normalized spacial score (nSPS) is 20.7. The number of aryl methyl sites for hydroxylation is 2. The Morgan fingerprint density at radius 2 is 1.79 bits per heavy atom. The molecule has 0 saturated carbocycles. The molecule has 0 unspecified atom stereocenters.